The smallest absolute Gasteiger partial charge is 0.312 e. The quantitative estimate of drug-likeness (QED) is 0.903. The highest BCUT2D eigenvalue weighted by Gasteiger charge is 2.23. The minimum absolute atomic E-state index is 0.521. The minimum atomic E-state index is -0.932. The first-order chi connectivity index (χ1) is 9.79. The molecule has 0 aliphatic heterocycles. The number of aliphatic carboxylic acids is 1. The molecule has 0 spiro atoms. The maximum Gasteiger partial charge on any atom is 0.312 e. The fourth-order valence-electron chi connectivity index (χ4n) is 1.89. The lowest BCUT2D eigenvalue weighted by Crippen LogP contribution is -2.20. The lowest BCUT2D eigenvalue weighted by molar-refractivity contribution is -0.144. The summed E-state index contributed by atoms with van der Waals surface area (Å²) in [5.41, 5.74) is 0.604. The van der Waals surface area contributed by atoms with Crippen LogP contribution in [0.2, 0.25) is 0 Å². The molecule has 1 heterocycles. The summed E-state index contributed by atoms with van der Waals surface area (Å²) >= 11 is 0. The molecule has 0 radical (unpaired) electrons. The van der Waals surface area contributed by atoms with Crippen LogP contribution in [0.15, 0.2) is 36.5 Å². The van der Waals surface area contributed by atoms with E-state index in [4.69, 9.17) is 5.11 Å². The number of aliphatic hydroxyl groups excluding tert-OH is 1. The highest BCUT2D eigenvalue weighted by molar-refractivity contribution is 5.84. The molecular formula is C17H19NO3. The van der Waals surface area contributed by atoms with Crippen LogP contribution >= 0.6 is 0 Å². The molecule has 21 heavy (non-hydrogen) atoms. The van der Waals surface area contributed by atoms with E-state index in [1.54, 1.807) is 39.1 Å². The zero-order valence-corrected chi connectivity index (χ0v) is 12.4. The molecule has 0 unspecified atom stereocenters. The predicted octanol–water partition coefficient (Wildman–Crippen LogP) is 3.41. The van der Waals surface area contributed by atoms with Crippen molar-refractivity contribution in [3.63, 3.8) is 0 Å². The predicted molar refractivity (Wildman–Crippen MR) is 82.8 cm³/mol. The standard InChI is InChI=1S/C17H19NO3/c1-11(19)12-4-5-13-10-18-15(9-14(13)8-12)6-7-17(2,3)16(20)21/h4-11,19H,1-3H3,(H,20,21)/t11-/m1/s1. The lowest BCUT2D eigenvalue weighted by atomic mass is 9.93. The summed E-state index contributed by atoms with van der Waals surface area (Å²) in [5.74, 6) is -0.879. The highest BCUT2D eigenvalue weighted by atomic mass is 16.4. The summed E-state index contributed by atoms with van der Waals surface area (Å²) in [5, 5.41) is 20.7. The minimum Gasteiger partial charge on any atom is -0.481 e. The number of fused-ring (bicyclic) bond motifs is 1. The monoisotopic (exact) mass is 285 g/mol. The number of hydrogen-bond donors (Lipinski definition) is 2. The van der Waals surface area contributed by atoms with Crippen LogP contribution in [-0.2, 0) is 4.79 Å². The van der Waals surface area contributed by atoms with Gasteiger partial charge in [0.2, 0.25) is 0 Å². The van der Waals surface area contributed by atoms with Gasteiger partial charge in [-0.2, -0.15) is 0 Å². The van der Waals surface area contributed by atoms with E-state index in [0.717, 1.165) is 16.3 Å². The fraction of sp³-hybridized carbons (Fsp3) is 0.294. The first kappa shape index (κ1) is 15.2. The zero-order valence-electron chi connectivity index (χ0n) is 12.4. The Balaban J connectivity index is 2.38. The van der Waals surface area contributed by atoms with Gasteiger partial charge in [0.25, 0.3) is 0 Å². The van der Waals surface area contributed by atoms with Gasteiger partial charge in [0.05, 0.1) is 17.2 Å². The molecule has 2 aromatic rings. The first-order valence-corrected chi connectivity index (χ1v) is 6.80. The first-order valence-electron chi connectivity index (χ1n) is 6.80. The summed E-state index contributed by atoms with van der Waals surface area (Å²) < 4.78 is 0. The third-order valence-electron chi connectivity index (χ3n) is 3.47. The molecule has 1 aromatic heterocycles. The van der Waals surface area contributed by atoms with Gasteiger partial charge in [-0.3, -0.25) is 9.78 Å². The summed E-state index contributed by atoms with van der Waals surface area (Å²) in [4.78, 5) is 15.4. The number of carboxylic acids is 1. The molecule has 0 aliphatic rings. The molecule has 0 fully saturated rings. The Bertz CT molecular complexity index is 702. The van der Waals surface area contributed by atoms with E-state index in [-0.39, 0.29) is 0 Å². The van der Waals surface area contributed by atoms with Crippen molar-refractivity contribution >= 4 is 22.8 Å². The molecule has 2 rings (SSSR count). The van der Waals surface area contributed by atoms with Crippen molar-refractivity contribution in [2.75, 3.05) is 0 Å². The summed E-state index contributed by atoms with van der Waals surface area (Å²) in [7, 11) is 0. The number of rotatable bonds is 4. The molecule has 4 heteroatoms. The average molecular weight is 285 g/mol. The third-order valence-corrected chi connectivity index (χ3v) is 3.47. The summed E-state index contributed by atoms with van der Waals surface area (Å²) in [6.07, 6.45) is 4.56. The van der Waals surface area contributed by atoms with Gasteiger partial charge < -0.3 is 10.2 Å². The van der Waals surface area contributed by atoms with Gasteiger partial charge in [0.15, 0.2) is 0 Å². The molecular weight excluding hydrogens is 266 g/mol. The van der Waals surface area contributed by atoms with Gasteiger partial charge in [-0.1, -0.05) is 18.2 Å². The van der Waals surface area contributed by atoms with Crippen molar-refractivity contribution in [2.45, 2.75) is 26.9 Å². The number of benzene rings is 1. The Labute approximate surface area is 123 Å². The fourth-order valence-corrected chi connectivity index (χ4v) is 1.89. The maximum absolute atomic E-state index is 11.1. The van der Waals surface area contributed by atoms with Crippen LogP contribution in [-0.4, -0.2) is 21.2 Å². The topological polar surface area (TPSA) is 70.4 Å². The third kappa shape index (κ3) is 3.47. The van der Waals surface area contributed by atoms with Crippen LogP contribution < -0.4 is 0 Å². The molecule has 110 valence electrons. The van der Waals surface area contributed by atoms with Gasteiger partial charge in [-0.05, 0) is 49.9 Å². The molecule has 0 saturated heterocycles. The number of carboxylic acid groups (broad SMARTS) is 1. The maximum atomic E-state index is 11.1. The second-order valence-corrected chi connectivity index (χ2v) is 5.75. The SMILES string of the molecule is C[C@@H](O)c1ccc2cnc(C=CC(C)(C)C(=O)O)cc2c1. The van der Waals surface area contributed by atoms with Gasteiger partial charge in [0.1, 0.15) is 0 Å². The van der Waals surface area contributed by atoms with Crippen LogP contribution in [0.25, 0.3) is 16.8 Å². The number of aromatic nitrogens is 1. The average Bonchev–Trinajstić information content (AvgIpc) is 2.44. The second kappa shape index (κ2) is 5.66. The normalized spacial score (nSPS) is 13.7. The van der Waals surface area contributed by atoms with E-state index >= 15 is 0 Å². The van der Waals surface area contributed by atoms with Crippen molar-refractivity contribution < 1.29 is 15.0 Å². The molecule has 1 aromatic carbocycles. The van der Waals surface area contributed by atoms with Crippen molar-refractivity contribution in [2.24, 2.45) is 5.41 Å². The number of pyridine rings is 1. The molecule has 0 amide bonds. The van der Waals surface area contributed by atoms with Crippen molar-refractivity contribution in [3.8, 4) is 0 Å². The Kier molecular flexibility index (Phi) is 4.09. The summed E-state index contributed by atoms with van der Waals surface area (Å²) in [6, 6.07) is 7.59. The zero-order chi connectivity index (χ0) is 15.6. The van der Waals surface area contributed by atoms with Crippen molar-refractivity contribution in [1.29, 1.82) is 0 Å². The van der Waals surface area contributed by atoms with Crippen LogP contribution in [0.1, 0.15) is 38.1 Å². The van der Waals surface area contributed by atoms with Crippen LogP contribution in [0.4, 0.5) is 0 Å². The number of nitrogens with zero attached hydrogens (tertiary/aromatic N) is 1. The molecule has 4 nitrogen and oxygen atoms in total. The van der Waals surface area contributed by atoms with Gasteiger partial charge >= 0.3 is 5.97 Å². The second-order valence-electron chi connectivity index (χ2n) is 5.75. The molecule has 2 N–H and O–H groups in total. The number of hydrogen-bond acceptors (Lipinski definition) is 3. The van der Waals surface area contributed by atoms with Gasteiger partial charge in [0, 0.05) is 11.6 Å². The van der Waals surface area contributed by atoms with Crippen molar-refractivity contribution in [1.82, 2.24) is 4.98 Å². The molecule has 0 bridgehead atoms. The van der Waals surface area contributed by atoms with E-state index in [9.17, 15) is 9.90 Å². The Morgan fingerprint density at radius 2 is 2.00 bits per heavy atom. The van der Waals surface area contributed by atoms with Crippen LogP contribution in [0.5, 0.6) is 0 Å². The Morgan fingerprint density at radius 1 is 1.29 bits per heavy atom. The summed E-state index contributed by atoms with van der Waals surface area (Å²) in [6.45, 7) is 5.00. The Hall–Kier alpha value is -2.20. The van der Waals surface area contributed by atoms with E-state index in [1.807, 2.05) is 24.3 Å². The van der Waals surface area contributed by atoms with E-state index in [1.165, 1.54) is 0 Å². The van der Waals surface area contributed by atoms with Gasteiger partial charge in [-0.25, -0.2) is 0 Å². The molecule has 1 atom stereocenters. The molecule has 0 aliphatic carbocycles. The van der Waals surface area contributed by atoms with Crippen LogP contribution in [0, 0.1) is 5.41 Å². The van der Waals surface area contributed by atoms with E-state index in [0.29, 0.717) is 5.69 Å². The van der Waals surface area contributed by atoms with E-state index in [2.05, 4.69) is 4.98 Å². The van der Waals surface area contributed by atoms with E-state index < -0.39 is 17.5 Å². The lowest BCUT2D eigenvalue weighted by Gasteiger charge is -2.12. The molecule has 0 saturated carbocycles. The largest absolute Gasteiger partial charge is 0.481 e. The Morgan fingerprint density at radius 3 is 2.62 bits per heavy atom. The number of carbonyl (C=O) groups is 1. The van der Waals surface area contributed by atoms with Crippen LogP contribution in [0.3, 0.4) is 0 Å². The van der Waals surface area contributed by atoms with Gasteiger partial charge in [-0.15, -0.1) is 0 Å². The highest BCUT2D eigenvalue weighted by Crippen LogP contribution is 2.22. The number of aliphatic hydroxyl groups is 1. The van der Waals surface area contributed by atoms with Crippen molar-refractivity contribution in [3.05, 3.63) is 47.8 Å².